The third kappa shape index (κ3) is 8.91. The van der Waals surface area contributed by atoms with E-state index in [1.807, 2.05) is 0 Å². The molecule has 0 saturated carbocycles. The monoisotopic (exact) mass is 115 g/mol. The maximum absolute atomic E-state index is 11.6. The van der Waals surface area contributed by atoms with Crippen LogP contribution < -0.4 is 0 Å². The van der Waals surface area contributed by atoms with Gasteiger partial charge in [0.1, 0.15) is 5.83 Å². The molecule has 46 valence electrons. The highest BCUT2D eigenvalue weighted by Crippen LogP contribution is 1.92. The lowest BCUT2D eigenvalue weighted by Gasteiger charge is -1.72. The molecule has 0 aliphatic carbocycles. The van der Waals surface area contributed by atoms with E-state index in [4.69, 9.17) is 5.41 Å². The molecule has 1 N–H and O–H groups in total. The average Bonchev–Trinajstić information content (AvgIpc) is 1.91. The molecule has 8 heavy (non-hydrogen) atoms. The first-order valence-corrected chi connectivity index (χ1v) is 2.11. The summed E-state index contributed by atoms with van der Waals surface area (Å²) in [7, 11) is 0. The Hall–Kier alpha value is -0.920. The largest absolute Gasteiger partial charge is 0.317 e. The summed E-state index contributed by atoms with van der Waals surface area (Å²) in [6.07, 6.45) is 2.52. The van der Waals surface area contributed by atoms with Crippen LogP contribution in [0.3, 0.4) is 0 Å². The molecule has 0 bridgehead atoms. The van der Waals surface area contributed by atoms with Crippen molar-refractivity contribution >= 4 is 6.72 Å². The molecule has 0 aliphatic rings. The highest BCUT2D eigenvalue weighted by molar-refractivity contribution is 5.15. The standard InChI is InChI=1S/C5H7F.CH3N/c1-3-5(6)4-2;1-2/h3-4H,1H2,2H3;2H,1H2/b5-4+;. The normalized spacial score (nSPS) is 9.00. The summed E-state index contributed by atoms with van der Waals surface area (Å²) in [5.41, 5.74) is 0. The third-order valence-electron chi connectivity index (χ3n) is 0.471. The van der Waals surface area contributed by atoms with E-state index in [0.29, 0.717) is 0 Å². The molecule has 0 radical (unpaired) electrons. The molecule has 0 aliphatic heterocycles. The zero-order valence-electron chi connectivity index (χ0n) is 4.95. The van der Waals surface area contributed by atoms with Gasteiger partial charge in [-0.25, -0.2) is 4.39 Å². The van der Waals surface area contributed by atoms with Gasteiger partial charge in [0.05, 0.1) is 0 Å². The maximum Gasteiger partial charge on any atom is 0.118 e. The van der Waals surface area contributed by atoms with Gasteiger partial charge in [0, 0.05) is 0 Å². The number of hydrogen-bond donors (Lipinski definition) is 1. The van der Waals surface area contributed by atoms with Gasteiger partial charge in [-0.05, 0) is 19.7 Å². The van der Waals surface area contributed by atoms with Crippen molar-refractivity contribution in [1.82, 2.24) is 0 Å². The van der Waals surface area contributed by atoms with Gasteiger partial charge in [-0.3, -0.25) is 0 Å². The smallest absolute Gasteiger partial charge is 0.118 e. The summed E-state index contributed by atoms with van der Waals surface area (Å²) in [6, 6.07) is 0. The van der Waals surface area contributed by atoms with E-state index in [9.17, 15) is 4.39 Å². The SMILES string of the molecule is C=C/C(F)=C\C.C=N. The molecule has 0 aromatic carbocycles. The topological polar surface area (TPSA) is 23.9 Å². The molecule has 0 aromatic heterocycles. The minimum atomic E-state index is -0.269. The molecule has 0 saturated heterocycles. The van der Waals surface area contributed by atoms with Crippen LogP contribution >= 0.6 is 0 Å². The molecule has 0 unspecified atom stereocenters. The average molecular weight is 115 g/mol. The van der Waals surface area contributed by atoms with E-state index in [2.05, 4.69) is 13.3 Å². The van der Waals surface area contributed by atoms with Crippen LogP contribution in [0.15, 0.2) is 24.6 Å². The van der Waals surface area contributed by atoms with E-state index < -0.39 is 0 Å². The van der Waals surface area contributed by atoms with E-state index >= 15 is 0 Å². The van der Waals surface area contributed by atoms with Crippen molar-refractivity contribution in [3.63, 3.8) is 0 Å². The minimum absolute atomic E-state index is 0.269. The molecular weight excluding hydrogens is 105 g/mol. The molecule has 1 nitrogen and oxygen atoms in total. The maximum atomic E-state index is 11.6. The van der Waals surface area contributed by atoms with Crippen molar-refractivity contribution in [1.29, 1.82) is 5.41 Å². The van der Waals surface area contributed by atoms with E-state index in [1.54, 1.807) is 6.92 Å². The Labute approximate surface area is 49.0 Å². The third-order valence-corrected chi connectivity index (χ3v) is 0.471. The molecule has 0 spiro atoms. The Kier molecular flexibility index (Phi) is 11.9. The van der Waals surface area contributed by atoms with Crippen LogP contribution in [0, 0.1) is 5.41 Å². The van der Waals surface area contributed by atoms with Gasteiger partial charge in [0.25, 0.3) is 0 Å². The zero-order valence-corrected chi connectivity index (χ0v) is 4.95. The summed E-state index contributed by atoms with van der Waals surface area (Å²) in [5, 5.41) is 5.50. The quantitative estimate of drug-likeness (QED) is 0.400. The van der Waals surface area contributed by atoms with Crippen LogP contribution in [-0.4, -0.2) is 6.72 Å². The van der Waals surface area contributed by atoms with Gasteiger partial charge in [0.15, 0.2) is 0 Å². The molecule has 2 heteroatoms. The van der Waals surface area contributed by atoms with Crippen LogP contribution in [0.1, 0.15) is 6.92 Å². The van der Waals surface area contributed by atoms with Crippen LogP contribution in [-0.2, 0) is 0 Å². The van der Waals surface area contributed by atoms with E-state index in [0.717, 1.165) is 0 Å². The summed E-state index contributed by atoms with van der Waals surface area (Å²) < 4.78 is 11.6. The number of rotatable bonds is 1. The van der Waals surface area contributed by atoms with Gasteiger partial charge in [0.2, 0.25) is 0 Å². The summed E-state index contributed by atoms with van der Waals surface area (Å²) >= 11 is 0. The number of allylic oxidation sites excluding steroid dienone is 3. The fourth-order valence-electron chi connectivity index (χ4n) is 0.118. The van der Waals surface area contributed by atoms with Gasteiger partial charge in [-0.1, -0.05) is 12.7 Å². The first-order valence-electron chi connectivity index (χ1n) is 2.11. The van der Waals surface area contributed by atoms with Crippen molar-refractivity contribution in [3.8, 4) is 0 Å². The second-order valence-corrected chi connectivity index (χ2v) is 0.878. The first-order chi connectivity index (χ1) is 3.81. The Bertz CT molecular complexity index is 86.5. The van der Waals surface area contributed by atoms with Crippen molar-refractivity contribution < 1.29 is 4.39 Å². The molecule has 0 fully saturated rings. The fourth-order valence-corrected chi connectivity index (χ4v) is 0.118. The Morgan fingerprint density at radius 2 is 2.00 bits per heavy atom. The van der Waals surface area contributed by atoms with Crippen LogP contribution in [0.5, 0.6) is 0 Å². The summed E-state index contributed by atoms with van der Waals surface area (Å²) in [5.74, 6) is -0.269. The lowest BCUT2D eigenvalue weighted by atomic mass is 10.5. The predicted octanol–water partition coefficient (Wildman–Crippen LogP) is 2.31. The second-order valence-electron chi connectivity index (χ2n) is 0.878. The lowest BCUT2D eigenvalue weighted by Crippen LogP contribution is -1.53. The Balaban J connectivity index is 0. The van der Waals surface area contributed by atoms with Crippen molar-refractivity contribution in [2.75, 3.05) is 0 Å². The summed E-state index contributed by atoms with van der Waals surface area (Å²) in [4.78, 5) is 0. The van der Waals surface area contributed by atoms with Crippen molar-refractivity contribution in [3.05, 3.63) is 24.6 Å². The van der Waals surface area contributed by atoms with Gasteiger partial charge in [-0.2, -0.15) is 0 Å². The summed E-state index contributed by atoms with van der Waals surface area (Å²) in [6.45, 7) is 7.31. The number of hydrogen-bond acceptors (Lipinski definition) is 1. The van der Waals surface area contributed by atoms with E-state index in [1.165, 1.54) is 12.2 Å². The molecule has 0 atom stereocenters. The second kappa shape index (κ2) is 9.43. The van der Waals surface area contributed by atoms with Crippen molar-refractivity contribution in [2.45, 2.75) is 6.92 Å². The highest BCUT2D eigenvalue weighted by atomic mass is 19.1. The molecule has 0 heterocycles. The highest BCUT2D eigenvalue weighted by Gasteiger charge is 1.73. The van der Waals surface area contributed by atoms with E-state index in [-0.39, 0.29) is 5.83 Å². The van der Waals surface area contributed by atoms with Gasteiger partial charge in [-0.15, -0.1) is 0 Å². The van der Waals surface area contributed by atoms with Gasteiger partial charge >= 0.3 is 0 Å². The molecule has 0 rings (SSSR count). The van der Waals surface area contributed by atoms with Crippen LogP contribution in [0.2, 0.25) is 0 Å². The lowest BCUT2D eigenvalue weighted by molar-refractivity contribution is 0.665. The van der Waals surface area contributed by atoms with Crippen molar-refractivity contribution in [2.24, 2.45) is 0 Å². The Morgan fingerprint density at radius 3 is 2.00 bits per heavy atom. The molecule has 0 aromatic rings. The minimum Gasteiger partial charge on any atom is -0.317 e. The molecule has 0 amide bonds. The number of halogens is 1. The first kappa shape index (κ1) is 10.1. The Morgan fingerprint density at radius 1 is 1.62 bits per heavy atom. The zero-order chi connectivity index (χ0) is 6.99. The van der Waals surface area contributed by atoms with Gasteiger partial charge < -0.3 is 5.41 Å². The number of nitrogens with one attached hydrogen (secondary N) is 1. The van der Waals surface area contributed by atoms with Crippen LogP contribution in [0.25, 0.3) is 0 Å². The molecular formula is C6H10FN. The predicted molar refractivity (Wildman–Crippen MR) is 34.9 cm³/mol. The van der Waals surface area contributed by atoms with Crippen LogP contribution in [0.4, 0.5) is 4.39 Å². The fraction of sp³-hybridized carbons (Fsp3) is 0.167.